The van der Waals surface area contributed by atoms with Crippen molar-refractivity contribution in [1.82, 2.24) is 4.90 Å². The van der Waals surface area contributed by atoms with E-state index in [4.69, 9.17) is 0 Å². The molecule has 2 rings (SSSR count). The van der Waals surface area contributed by atoms with Gasteiger partial charge in [0.05, 0.1) is 0 Å². The third-order valence-electron chi connectivity index (χ3n) is 4.31. The molecule has 3 unspecified atom stereocenters. The first-order valence-electron chi connectivity index (χ1n) is 6.91. The minimum Gasteiger partial charge on any atom is -0.340 e. The highest BCUT2D eigenvalue weighted by atomic mass is 16.1. The number of carbonyl (C=O) groups excluding carboxylic acids is 1. The van der Waals surface area contributed by atoms with Gasteiger partial charge in [-0.1, -0.05) is 31.2 Å². The van der Waals surface area contributed by atoms with Crippen LogP contribution < -0.4 is 0 Å². The van der Waals surface area contributed by atoms with E-state index in [-0.39, 0.29) is 0 Å². The molecule has 1 aromatic carbocycles. The van der Waals surface area contributed by atoms with Crippen LogP contribution in [0.2, 0.25) is 0 Å². The van der Waals surface area contributed by atoms with E-state index < -0.39 is 0 Å². The molecular formula is C16H23NO. The summed E-state index contributed by atoms with van der Waals surface area (Å²) in [5.41, 5.74) is 2.77. The van der Waals surface area contributed by atoms with Gasteiger partial charge in [0.15, 0.2) is 0 Å². The lowest BCUT2D eigenvalue weighted by Crippen LogP contribution is -2.33. The Kier molecular flexibility index (Phi) is 4.05. The second kappa shape index (κ2) is 5.55. The van der Waals surface area contributed by atoms with Crippen molar-refractivity contribution in [1.29, 1.82) is 0 Å². The molecule has 0 N–H and O–H groups in total. The summed E-state index contributed by atoms with van der Waals surface area (Å²) >= 11 is 0. The van der Waals surface area contributed by atoms with Crippen molar-refractivity contribution in [2.75, 3.05) is 0 Å². The fourth-order valence-corrected chi connectivity index (χ4v) is 3.20. The molecule has 0 aromatic heterocycles. The largest absolute Gasteiger partial charge is 0.340 e. The molecule has 1 amide bonds. The Labute approximate surface area is 110 Å². The predicted molar refractivity (Wildman–Crippen MR) is 74.6 cm³/mol. The number of carbonyl (C=O) groups is 1. The van der Waals surface area contributed by atoms with Gasteiger partial charge < -0.3 is 4.90 Å². The molecule has 18 heavy (non-hydrogen) atoms. The van der Waals surface area contributed by atoms with Crippen molar-refractivity contribution in [2.45, 2.75) is 58.0 Å². The van der Waals surface area contributed by atoms with Gasteiger partial charge in [0, 0.05) is 12.1 Å². The number of likely N-dealkylation sites (tertiary alicyclic amines) is 1. The monoisotopic (exact) mass is 245 g/mol. The predicted octanol–water partition coefficient (Wildman–Crippen LogP) is 3.50. The Morgan fingerprint density at radius 3 is 2.78 bits per heavy atom. The van der Waals surface area contributed by atoms with Gasteiger partial charge in [0.1, 0.15) is 0 Å². The standard InChI is InChI=1S/C16H23NO/c1-12-6-4-5-7-16(12)13(2)10-15-9-8-14(3)17(15)11-18/h4-7,11,13-15H,8-10H2,1-3H3. The van der Waals surface area contributed by atoms with E-state index >= 15 is 0 Å². The van der Waals surface area contributed by atoms with E-state index in [1.807, 2.05) is 4.90 Å². The lowest BCUT2D eigenvalue weighted by Gasteiger charge is -2.27. The van der Waals surface area contributed by atoms with Crippen molar-refractivity contribution < 1.29 is 4.79 Å². The Hall–Kier alpha value is -1.31. The fourth-order valence-electron chi connectivity index (χ4n) is 3.20. The molecule has 2 nitrogen and oxygen atoms in total. The average Bonchev–Trinajstić information content (AvgIpc) is 2.70. The molecule has 0 aliphatic carbocycles. The highest BCUT2D eigenvalue weighted by Gasteiger charge is 2.30. The van der Waals surface area contributed by atoms with Gasteiger partial charge >= 0.3 is 0 Å². The number of nitrogens with zero attached hydrogens (tertiary/aromatic N) is 1. The quantitative estimate of drug-likeness (QED) is 0.743. The van der Waals surface area contributed by atoms with E-state index in [1.54, 1.807) is 0 Å². The van der Waals surface area contributed by atoms with Crippen molar-refractivity contribution in [2.24, 2.45) is 0 Å². The maximum Gasteiger partial charge on any atom is 0.210 e. The number of aryl methyl sites for hydroxylation is 1. The van der Waals surface area contributed by atoms with Crippen LogP contribution in [-0.4, -0.2) is 23.4 Å². The molecule has 0 radical (unpaired) electrons. The van der Waals surface area contributed by atoms with Gasteiger partial charge in [0.25, 0.3) is 0 Å². The highest BCUT2D eigenvalue weighted by molar-refractivity contribution is 5.49. The van der Waals surface area contributed by atoms with Crippen LogP contribution in [0, 0.1) is 6.92 Å². The highest BCUT2D eigenvalue weighted by Crippen LogP contribution is 2.31. The molecule has 1 aliphatic heterocycles. The second-order valence-corrected chi connectivity index (χ2v) is 5.63. The number of rotatable bonds is 4. The van der Waals surface area contributed by atoms with Crippen LogP contribution in [0.15, 0.2) is 24.3 Å². The van der Waals surface area contributed by atoms with Crippen LogP contribution in [0.1, 0.15) is 50.2 Å². The van der Waals surface area contributed by atoms with Crippen LogP contribution in [0.4, 0.5) is 0 Å². The summed E-state index contributed by atoms with van der Waals surface area (Å²) in [7, 11) is 0. The molecule has 1 fully saturated rings. The van der Waals surface area contributed by atoms with Crippen molar-refractivity contribution in [3.63, 3.8) is 0 Å². The Balaban J connectivity index is 2.06. The average molecular weight is 245 g/mol. The van der Waals surface area contributed by atoms with Gasteiger partial charge in [0.2, 0.25) is 6.41 Å². The summed E-state index contributed by atoms with van der Waals surface area (Å²) in [6.07, 6.45) is 4.40. The maximum atomic E-state index is 11.1. The zero-order chi connectivity index (χ0) is 13.1. The molecule has 3 atom stereocenters. The van der Waals surface area contributed by atoms with Crippen LogP contribution in [-0.2, 0) is 4.79 Å². The molecule has 1 aliphatic rings. The maximum absolute atomic E-state index is 11.1. The summed E-state index contributed by atoms with van der Waals surface area (Å²) in [5, 5.41) is 0. The Morgan fingerprint density at radius 1 is 1.39 bits per heavy atom. The zero-order valence-electron chi connectivity index (χ0n) is 11.6. The van der Waals surface area contributed by atoms with E-state index in [2.05, 4.69) is 45.0 Å². The van der Waals surface area contributed by atoms with Crippen molar-refractivity contribution in [3.8, 4) is 0 Å². The minimum atomic E-state index is 0.413. The first-order valence-corrected chi connectivity index (χ1v) is 6.91. The number of hydrogen-bond donors (Lipinski definition) is 0. The molecule has 1 heterocycles. The van der Waals surface area contributed by atoms with Gasteiger partial charge in [-0.15, -0.1) is 0 Å². The van der Waals surface area contributed by atoms with Gasteiger partial charge in [-0.3, -0.25) is 4.79 Å². The van der Waals surface area contributed by atoms with Crippen LogP contribution in [0.3, 0.4) is 0 Å². The summed E-state index contributed by atoms with van der Waals surface area (Å²) in [5.74, 6) is 0.518. The summed E-state index contributed by atoms with van der Waals surface area (Å²) in [4.78, 5) is 13.1. The normalized spacial score (nSPS) is 25.2. The third-order valence-corrected chi connectivity index (χ3v) is 4.31. The number of benzene rings is 1. The molecular weight excluding hydrogens is 222 g/mol. The first-order chi connectivity index (χ1) is 8.63. The summed E-state index contributed by atoms with van der Waals surface area (Å²) in [6.45, 7) is 6.59. The van der Waals surface area contributed by atoms with E-state index in [0.29, 0.717) is 18.0 Å². The fraction of sp³-hybridized carbons (Fsp3) is 0.562. The topological polar surface area (TPSA) is 20.3 Å². The van der Waals surface area contributed by atoms with Gasteiger partial charge in [-0.05, 0) is 50.2 Å². The van der Waals surface area contributed by atoms with E-state index in [9.17, 15) is 4.79 Å². The minimum absolute atomic E-state index is 0.413. The van der Waals surface area contributed by atoms with Crippen LogP contribution in [0.25, 0.3) is 0 Å². The lowest BCUT2D eigenvalue weighted by atomic mass is 9.90. The molecule has 2 heteroatoms. The van der Waals surface area contributed by atoms with E-state index in [1.165, 1.54) is 11.1 Å². The smallest absolute Gasteiger partial charge is 0.210 e. The molecule has 1 saturated heterocycles. The molecule has 0 bridgehead atoms. The molecule has 0 spiro atoms. The second-order valence-electron chi connectivity index (χ2n) is 5.63. The first kappa shape index (κ1) is 13.1. The lowest BCUT2D eigenvalue weighted by molar-refractivity contribution is -0.120. The van der Waals surface area contributed by atoms with Crippen LogP contribution in [0.5, 0.6) is 0 Å². The molecule has 0 saturated carbocycles. The zero-order valence-corrected chi connectivity index (χ0v) is 11.6. The summed E-state index contributed by atoms with van der Waals surface area (Å²) < 4.78 is 0. The van der Waals surface area contributed by atoms with Gasteiger partial charge in [-0.25, -0.2) is 0 Å². The van der Waals surface area contributed by atoms with E-state index in [0.717, 1.165) is 25.7 Å². The Bertz CT molecular complexity index is 415. The van der Waals surface area contributed by atoms with Crippen molar-refractivity contribution in [3.05, 3.63) is 35.4 Å². The molecule has 1 aromatic rings. The number of amides is 1. The molecule has 98 valence electrons. The third kappa shape index (κ3) is 2.58. The van der Waals surface area contributed by atoms with Crippen molar-refractivity contribution >= 4 is 6.41 Å². The van der Waals surface area contributed by atoms with Crippen LogP contribution >= 0.6 is 0 Å². The SMILES string of the molecule is Cc1ccccc1C(C)CC1CCC(C)N1C=O. The van der Waals surface area contributed by atoms with Gasteiger partial charge in [-0.2, -0.15) is 0 Å². The Morgan fingerprint density at radius 2 is 2.11 bits per heavy atom. The number of hydrogen-bond acceptors (Lipinski definition) is 1. The summed E-state index contributed by atoms with van der Waals surface area (Å²) in [6, 6.07) is 9.40.